The maximum absolute atomic E-state index is 13.1. The highest BCUT2D eigenvalue weighted by atomic mass is 31.2. The first-order valence-corrected chi connectivity index (χ1v) is 11.4. The Balaban J connectivity index is 2.23. The first-order valence-electron chi connectivity index (χ1n) is 9.49. The summed E-state index contributed by atoms with van der Waals surface area (Å²) in [6.45, 7) is 1.83. The van der Waals surface area contributed by atoms with Gasteiger partial charge in [-0.3, -0.25) is 14.2 Å². The van der Waals surface area contributed by atoms with E-state index in [1.165, 1.54) is 0 Å². The molecule has 6 nitrogen and oxygen atoms in total. The van der Waals surface area contributed by atoms with Crippen LogP contribution >= 0.6 is 7.37 Å². The molecule has 0 heterocycles. The van der Waals surface area contributed by atoms with Crippen molar-refractivity contribution in [2.45, 2.75) is 44.7 Å². The van der Waals surface area contributed by atoms with Crippen molar-refractivity contribution in [1.82, 2.24) is 0 Å². The maximum Gasteiger partial charge on any atom is 0.307 e. The van der Waals surface area contributed by atoms with Crippen molar-refractivity contribution in [2.75, 3.05) is 6.16 Å². The molecule has 0 saturated heterocycles. The van der Waals surface area contributed by atoms with Crippen LogP contribution in [0.2, 0.25) is 0 Å². The van der Waals surface area contributed by atoms with Gasteiger partial charge in [-0.25, -0.2) is 0 Å². The Hall–Kier alpha value is -2.17. The van der Waals surface area contributed by atoms with Crippen LogP contribution in [-0.2, 0) is 20.6 Å². The maximum atomic E-state index is 13.1. The highest BCUT2D eigenvalue weighted by molar-refractivity contribution is 7.58. The van der Waals surface area contributed by atoms with Gasteiger partial charge in [0.15, 0.2) is 0 Å². The molecular weight excluding hydrogens is 379 g/mol. The number of hydrogen-bond acceptors (Lipinski definition) is 3. The topological polar surface area (TPSA) is 112 Å². The summed E-state index contributed by atoms with van der Waals surface area (Å²) >= 11 is 0. The van der Waals surface area contributed by atoms with Crippen molar-refractivity contribution in [1.29, 1.82) is 0 Å². The monoisotopic (exact) mass is 406 g/mol. The molecule has 0 aliphatic heterocycles. The second-order valence-corrected chi connectivity index (χ2v) is 9.72. The molecular formula is C21H27O6P. The van der Waals surface area contributed by atoms with Crippen LogP contribution in [0.4, 0.5) is 0 Å². The van der Waals surface area contributed by atoms with Crippen molar-refractivity contribution >= 4 is 30.1 Å². The van der Waals surface area contributed by atoms with E-state index in [1.54, 1.807) is 0 Å². The molecule has 7 heteroatoms. The third-order valence-corrected chi connectivity index (χ3v) is 7.65. The number of rotatable bonds is 11. The molecule has 2 aromatic carbocycles. The van der Waals surface area contributed by atoms with Crippen LogP contribution in [0.5, 0.6) is 0 Å². The van der Waals surface area contributed by atoms with Crippen molar-refractivity contribution in [3.63, 3.8) is 0 Å². The van der Waals surface area contributed by atoms with Gasteiger partial charge in [-0.15, -0.1) is 0 Å². The van der Waals surface area contributed by atoms with Gasteiger partial charge in [0.1, 0.15) is 0 Å². The lowest BCUT2D eigenvalue weighted by atomic mass is 9.96. The van der Waals surface area contributed by atoms with Gasteiger partial charge >= 0.3 is 11.9 Å². The standard InChI is InChI=1S/C21H27O6P/c1-2-6-19(18(21(24)25)11-12-20(22)23)28(26,27)14-13-16-9-5-8-15-7-3-4-10-17(15)16/h3-5,7-10,18-19H,2,6,11-14H2,1H3,(H,22,23)(H,24,25)(H,26,27). The normalized spacial score (nSPS) is 15.6. The Morgan fingerprint density at radius 2 is 1.71 bits per heavy atom. The van der Waals surface area contributed by atoms with E-state index in [1.807, 2.05) is 49.4 Å². The summed E-state index contributed by atoms with van der Waals surface area (Å²) in [5.74, 6) is -3.46. The van der Waals surface area contributed by atoms with Crippen LogP contribution in [0, 0.1) is 5.92 Å². The molecule has 0 aliphatic rings. The van der Waals surface area contributed by atoms with Gasteiger partial charge in [0.05, 0.1) is 5.92 Å². The summed E-state index contributed by atoms with van der Waals surface area (Å²) in [6.07, 6.45) is 0.692. The van der Waals surface area contributed by atoms with Crippen LogP contribution in [0.15, 0.2) is 42.5 Å². The number of benzene rings is 2. The summed E-state index contributed by atoms with van der Waals surface area (Å²) < 4.78 is 13.1. The highest BCUT2D eigenvalue weighted by Gasteiger charge is 2.40. The van der Waals surface area contributed by atoms with Gasteiger partial charge in [-0.05, 0) is 35.6 Å². The van der Waals surface area contributed by atoms with E-state index >= 15 is 0 Å². The van der Waals surface area contributed by atoms with Crippen LogP contribution < -0.4 is 0 Å². The molecule has 3 N–H and O–H groups in total. The zero-order valence-corrected chi connectivity index (χ0v) is 16.8. The van der Waals surface area contributed by atoms with Crippen LogP contribution in [-0.4, -0.2) is 38.9 Å². The molecule has 152 valence electrons. The van der Waals surface area contributed by atoms with Crippen molar-refractivity contribution in [3.05, 3.63) is 48.0 Å². The number of carboxylic acid groups (broad SMARTS) is 2. The number of aliphatic carboxylic acids is 2. The number of hydrogen-bond donors (Lipinski definition) is 3. The molecule has 0 spiro atoms. The fraction of sp³-hybridized carbons (Fsp3) is 0.429. The fourth-order valence-electron chi connectivity index (χ4n) is 3.70. The minimum Gasteiger partial charge on any atom is -0.481 e. The molecule has 2 rings (SSSR count). The summed E-state index contributed by atoms with van der Waals surface area (Å²) in [6, 6.07) is 13.6. The Bertz CT molecular complexity index is 873. The molecule has 3 atom stereocenters. The van der Waals surface area contributed by atoms with Gasteiger partial charge in [-0.1, -0.05) is 55.8 Å². The zero-order chi connectivity index (χ0) is 20.7. The Morgan fingerprint density at radius 1 is 1.04 bits per heavy atom. The van der Waals surface area contributed by atoms with Gasteiger partial charge in [-0.2, -0.15) is 0 Å². The second kappa shape index (κ2) is 9.85. The molecule has 0 amide bonds. The van der Waals surface area contributed by atoms with E-state index in [0.29, 0.717) is 12.8 Å². The molecule has 2 aromatic rings. The third-order valence-electron chi connectivity index (χ3n) is 5.13. The van der Waals surface area contributed by atoms with E-state index < -0.39 is 30.9 Å². The van der Waals surface area contributed by atoms with E-state index in [0.717, 1.165) is 16.3 Å². The lowest BCUT2D eigenvalue weighted by Crippen LogP contribution is -2.30. The molecule has 0 aliphatic carbocycles. The minimum absolute atomic E-state index is 0.0253. The van der Waals surface area contributed by atoms with Gasteiger partial charge < -0.3 is 15.1 Å². The predicted octanol–water partition coefficient (Wildman–Crippen LogP) is 4.39. The average molecular weight is 406 g/mol. The Morgan fingerprint density at radius 3 is 2.36 bits per heavy atom. The van der Waals surface area contributed by atoms with Crippen LogP contribution in [0.25, 0.3) is 10.8 Å². The van der Waals surface area contributed by atoms with Gasteiger partial charge in [0.2, 0.25) is 7.37 Å². The van der Waals surface area contributed by atoms with Crippen LogP contribution in [0.3, 0.4) is 0 Å². The summed E-state index contributed by atoms with van der Waals surface area (Å²) in [5.41, 5.74) is 0.00404. The molecule has 0 bridgehead atoms. The van der Waals surface area contributed by atoms with E-state index in [4.69, 9.17) is 5.11 Å². The van der Waals surface area contributed by atoms with Crippen molar-refractivity contribution < 1.29 is 29.3 Å². The summed E-state index contributed by atoms with van der Waals surface area (Å²) in [7, 11) is -3.81. The SMILES string of the molecule is CCCC(C(CCC(=O)O)C(=O)O)P(=O)(O)CCc1cccc2ccccc12. The Kier molecular flexibility index (Phi) is 7.78. The summed E-state index contributed by atoms with van der Waals surface area (Å²) in [4.78, 5) is 33.3. The van der Waals surface area contributed by atoms with Crippen LogP contribution in [0.1, 0.15) is 38.2 Å². The van der Waals surface area contributed by atoms with E-state index in [-0.39, 0.29) is 25.4 Å². The molecule has 0 fully saturated rings. The quantitative estimate of drug-likeness (QED) is 0.477. The number of carbonyl (C=O) groups is 2. The van der Waals surface area contributed by atoms with E-state index in [9.17, 15) is 24.2 Å². The smallest absolute Gasteiger partial charge is 0.307 e. The third kappa shape index (κ3) is 5.66. The average Bonchev–Trinajstić information content (AvgIpc) is 2.65. The molecule has 0 saturated carbocycles. The van der Waals surface area contributed by atoms with Gasteiger partial charge in [0, 0.05) is 18.2 Å². The second-order valence-electron chi connectivity index (χ2n) is 7.10. The zero-order valence-electron chi connectivity index (χ0n) is 16.0. The number of carboxylic acids is 2. The highest BCUT2D eigenvalue weighted by Crippen LogP contribution is 2.52. The number of fused-ring (bicyclic) bond motifs is 1. The van der Waals surface area contributed by atoms with E-state index in [2.05, 4.69) is 0 Å². The number of aryl methyl sites for hydroxylation is 1. The molecule has 0 aromatic heterocycles. The molecule has 3 unspecified atom stereocenters. The first kappa shape index (κ1) is 22.1. The van der Waals surface area contributed by atoms with Gasteiger partial charge in [0.25, 0.3) is 0 Å². The Labute approximate surface area is 164 Å². The van der Waals surface area contributed by atoms with Crippen molar-refractivity contribution in [3.8, 4) is 0 Å². The fourth-order valence-corrected chi connectivity index (χ4v) is 6.09. The lowest BCUT2D eigenvalue weighted by molar-refractivity contribution is -0.143. The molecule has 28 heavy (non-hydrogen) atoms. The first-order chi connectivity index (χ1) is 13.3. The minimum atomic E-state index is -3.81. The van der Waals surface area contributed by atoms with Crippen molar-refractivity contribution in [2.24, 2.45) is 5.92 Å². The lowest BCUT2D eigenvalue weighted by Gasteiger charge is -2.28. The molecule has 0 radical (unpaired) electrons. The largest absolute Gasteiger partial charge is 0.481 e. The summed E-state index contributed by atoms with van der Waals surface area (Å²) in [5, 5.41) is 20.5. The predicted molar refractivity (Wildman–Crippen MR) is 109 cm³/mol.